The van der Waals surface area contributed by atoms with Crippen molar-refractivity contribution in [1.82, 2.24) is 0 Å². The molecule has 0 radical (unpaired) electrons. The van der Waals surface area contributed by atoms with Crippen molar-refractivity contribution < 1.29 is 37.0 Å². The Bertz CT molecular complexity index is 966. The molecule has 0 spiro atoms. The van der Waals surface area contributed by atoms with Crippen LogP contribution >= 0.6 is 0 Å². The fourth-order valence-corrected chi connectivity index (χ4v) is 7.98. The van der Waals surface area contributed by atoms with E-state index in [1.54, 1.807) is 0 Å². The maximum Gasteiger partial charge on any atom is 0.449 e. The predicted molar refractivity (Wildman–Crippen MR) is 122 cm³/mol. The Balaban J connectivity index is 1.55. The maximum absolute atomic E-state index is 13.3. The topological polar surface area (TPSA) is 69.7 Å². The zero-order valence-electron chi connectivity index (χ0n) is 20.9. The second-order valence-corrected chi connectivity index (χ2v) is 11.4. The van der Waals surface area contributed by atoms with Crippen molar-refractivity contribution in [2.45, 2.75) is 91.3 Å². The minimum Gasteiger partial charge on any atom is -0.462 e. The van der Waals surface area contributed by atoms with Gasteiger partial charge < -0.3 is 9.47 Å². The summed E-state index contributed by atoms with van der Waals surface area (Å²) in [5.41, 5.74) is 1.02. The van der Waals surface area contributed by atoms with Crippen LogP contribution in [0, 0.1) is 34.5 Å². The molecule has 0 N–H and O–H groups in total. The molecule has 8 heteroatoms. The van der Waals surface area contributed by atoms with Crippen molar-refractivity contribution in [3.8, 4) is 0 Å². The van der Waals surface area contributed by atoms with E-state index in [1.165, 1.54) is 12.5 Å². The van der Waals surface area contributed by atoms with E-state index >= 15 is 0 Å². The van der Waals surface area contributed by atoms with Crippen molar-refractivity contribution in [3.63, 3.8) is 0 Å². The Hall–Kier alpha value is -2.12. The highest BCUT2D eigenvalue weighted by Gasteiger charge is 2.60. The molecular formula is C27H35F3O5. The summed E-state index contributed by atoms with van der Waals surface area (Å²) >= 11 is 0. The van der Waals surface area contributed by atoms with Crippen LogP contribution in [0.4, 0.5) is 13.2 Å². The van der Waals surface area contributed by atoms with E-state index in [2.05, 4.69) is 24.7 Å². The molecule has 35 heavy (non-hydrogen) atoms. The molecule has 0 bridgehead atoms. The molecule has 3 saturated carbocycles. The van der Waals surface area contributed by atoms with Gasteiger partial charge in [-0.3, -0.25) is 14.4 Å². The second kappa shape index (κ2) is 9.07. The van der Waals surface area contributed by atoms with E-state index in [0.717, 1.165) is 51.9 Å². The Morgan fingerprint density at radius 3 is 2.34 bits per heavy atom. The van der Waals surface area contributed by atoms with Crippen LogP contribution in [-0.2, 0) is 23.9 Å². The number of hydrogen-bond acceptors (Lipinski definition) is 5. The third kappa shape index (κ3) is 4.69. The molecule has 4 rings (SSSR count). The first-order chi connectivity index (χ1) is 16.3. The maximum atomic E-state index is 13.3. The Morgan fingerprint density at radius 1 is 1.00 bits per heavy atom. The Labute approximate surface area is 204 Å². The summed E-state index contributed by atoms with van der Waals surface area (Å²) in [6.45, 7) is 6.72. The molecule has 0 heterocycles. The quantitative estimate of drug-likeness (QED) is 0.204. The molecule has 0 aromatic heterocycles. The minimum atomic E-state index is -4.90. The van der Waals surface area contributed by atoms with Crippen LogP contribution in [0.1, 0.15) is 79.1 Å². The van der Waals surface area contributed by atoms with Crippen LogP contribution < -0.4 is 0 Å². The van der Waals surface area contributed by atoms with Gasteiger partial charge in [0.05, 0.1) is 0 Å². The van der Waals surface area contributed by atoms with Crippen molar-refractivity contribution in [3.05, 3.63) is 23.5 Å². The number of rotatable bonds is 4. The predicted octanol–water partition coefficient (Wildman–Crippen LogP) is 6.08. The number of esters is 2. The van der Waals surface area contributed by atoms with E-state index in [-0.39, 0.29) is 28.8 Å². The lowest BCUT2D eigenvalue weighted by atomic mass is 9.47. The first-order valence-corrected chi connectivity index (χ1v) is 12.6. The standard InChI is InChI=1S/C27H35F3O5/c1-15(31)34-18-9-11-25(3)17(13-18)5-6-19-20-7-8-22(26(20,4)12-10-21(19)25)23(33)14-24(27(28,29)30)35-16(2)32/h5,14,18-22H,6-13H2,1-4H3. The third-order valence-electron chi connectivity index (χ3n) is 9.54. The molecule has 7 unspecified atom stereocenters. The minimum absolute atomic E-state index is 0.0294. The summed E-state index contributed by atoms with van der Waals surface area (Å²) < 4.78 is 49.9. The summed E-state index contributed by atoms with van der Waals surface area (Å²) in [6, 6.07) is 0. The van der Waals surface area contributed by atoms with Gasteiger partial charge in [-0.25, -0.2) is 0 Å². The van der Waals surface area contributed by atoms with Crippen LogP contribution in [-0.4, -0.2) is 30.0 Å². The average molecular weight is 497 g/mol. The number of carbonyl (C=O) groups is 3. The fourth-order valence-electron chi connectivity index (χ4n) is 7.98. The lowest BCUT2D eigenvalue weighted by Crippen LogP contribution is -2.51. The van der Waals surface area contributed by atoms with E-state index in [4.69, 9.17) is 4.74 Å². The van der Waals surface area contributed by atoms with Crippen LogP contribution in [0.2, 0.25) is 0 Å². The number of ether oxygens (including phenoxy) is 2. The van der Waals surface area contributed by atoms with Gasteiger partial charge in [0.25, 0.3) is 0 Å². The monoisotopic (exact) mass is 496 g/mol. The van der Waals surface area contributed by atoms with Gasteiger partial charge in [-0.15, -0.1) is 0 Å². The smallest absolute Gasteiger partial charge is 0.449 e. The SMILES string of the molecule is CC(=O)OC(=CC(=O)C1CCC2C3CC=C4CC(OC(C)=O)CCC4(C)C3CCC12C)C(F)(F)F. The van der Waals surface area contributed by atoms with E-state index in [9.17, 15) is 27.6 Å². The third-order valence-corrected chi connectivity index (χ3v) is 9.54. The number of halogens is 3. The van der Waals surface area contributed by atoms with E-state index in [1.807, 2.05) is 0 Å². The van der Waals surface area contributed by atoms with Crippen LogP contribution in [0.5, 0.6) is 0 Å². The van der Waals surface area contributed by atoms with Crippen molar-refractivity contribution in [1.29, 1.82) is 0 Å². The zero-order valence-corrected chi connectivity index (χ0v) is 20.9. The Kier molecular flexibility index (Phi) is 6.73. The number of allylic oxidation sites excluding steroid dienone is 3. The second-order valence-electron chi connectivity index (χ2n) is 11.4. The summed E-state index contributed by atoms with van der Waals surface area (Å²) in [7, 11) is 0. The molecule has 0 aliphatic heterocycles. The average Bonchev–Trinajstić information content (AvgIpc) is 3.09. The molecule has 7 atom stereocenters. The summed E-state index contributed by atoms with van der Waals surface area (Å²) in [5.74, 6) is -2.90. The molecule has 3 fully saturated rings. The summed E-state index contributed by atoms with van der Waals surface area (Å²) in [6.07, 6.45) is 4.34. The number of hydrogen-bond donors (Lipinski definition) is 0. The van der Waals surface area contributed by atoms with Gasteiger partial charge in [0.1, 0.15) is 6.10 Å². The molecule has 194 valence electrons. The molecule has 0 aromatic carbocycles. The van der Waals surface area contributed by atoms with Gasteiger partial charge in [-0.2, -0.15) is 13.2 Å². The number of ketones is 1. The normalized spacial score (nSPS) is 39.0. The van der Waals surface area contributed by atoms with E-state index in [0.29, 0.717) is 24.3 Å². The molecule has 0 amide bonds. The molecule has 4 aliphatic rings. The van der Waals surface area contributed by atoms with E-state index < -0.39 is 29.6 Å². The summed E-state index contributed by atoms with van der Waals surface area (Å²) in [5, 5.41) is 0. The molecular weight excluding hydrogens is 461 g/mol. The van der Waals surface area contributed by atoms with Gasteiger partial charge in [0.15, 0.2) is 5.78 Å². The molecule has 4 aliphatic carbocycles. The van der Waals surface area contributed by atoms with Gasteiger partial charge in [-0.05, 0) is 73.5 Å². The molecule has 0 saturated heterocycles. The lowest BCUT2D eigenvalue weighted by molar-refractivity contribution is -0.158. The van der Waals surface area contributed by atoms with Crippen LogP contribution in [0.3, 0.4) is 0 Å². The van der Waals surface area contributed by atoms with Crippen molar-refractivity contribution in [2.75, 3.05) is 0 Å². The van der Waals surface area contributed by atoms with Gasteiger partial charge >= 0.3 is 18.1 Å². The zero-order chi connectivity index (χ0) is 25.8. The highest BCUT2D eigenvalue weighted by molar-refractivity contribution is 5.93. The van der Waals surface area contributed by atoms with Crippen LogP contribution in [0.25, 0.3) is 0 Å². The van der Waals surface area contributed by atoms with Crippen molar-refractivity contribution in [2.24, 2.45) is 34.5 Å². The largest absolute Gasteiger partial charge is 0.462 e. The number of fused-ring (bicyclic) bond motifs is 5. The van der Waals surface area contributed by atoms with Gasteiger partial charge in [0, 0.05) is 32.3 Å². The van der Waals surface area contributed by atoms with Crippen molar-refractivity contribution >= 4 is 17.7 Å². The molecule has 5 nitrogen and oxygen atoms in total. The van der Waals surface area contributed by atoms with Gasteiger partial charge in [-0.1, -0.05) is 25.5 Å². The van der Waals surface area contributed by atoms with Crippen LogP contribution in [0.15, 0.2) is 23.5 Å². The highest BCUT2D eigenvalue weighted by Crippen LogP contribution is 2.66. The first kappa shape index (κ1) is 26.0. The number of carbonyl (C=O) groups excluding carboxylic acids is 3. The number of alkyl halides is 3. The summed E-state index contributed by atoms with van der Waals surface area (Å²) in [4.78, 5) is 35.7. The molecule has 0 aromatic rings. The van der Waals surface area contributed by atoms with Gasteiger partial charge in [0.2, 0.25) is 5.76 Å². The Morgan fingerprint density at radius 2 is 1.71 bits per heavy atom. The fraction of sp³-hybridized carbons (Fsp3) is 0.741. The lowest BCUT2D eigenvalue weighted by Gasteiger charge is -2.58. The first-order valence-electron chi connectivity index (χ1n) is 12.6. The highest BCUT2D eigenvalue weighted by atomic mass is 19.4.